The van der Waals surface area contributed by atoms with Crippen molar-refractivity contribution >= 4 is 17.2 Å². The van der Waals surface area contributed by atoms with E-state index in [4.69, 9.17) is 4.98 Å². The molecule has 3 aromatic heterocycles. The first-order chi connectivity index (χ1) is 16.1. The molecule has 1 N–H and O–H groups in total. The second-order valence-corrected chi connectivity index (χ2v) is 10.0. The number of aromatic nitrogens is 3. The minimum atomic E-state index is 0.0294. The third kappa shape index (κ3) is 5.55. The number of nitrogens with one attached hydrogen (secondary N) is 1. The summed E-state index contributed by atoms with van der Waals surface area (Å²) < 4.78 is 2.35. The molecule has 0 spiro atoms. The van der Waals surface area contributed by atoms with Crippen LogP contribution in [0.2, 0.25) is 0 Å². The zero-order valence-corrected chi connectivity index (χ0v) is 21.0. The Bertz CT molecular complexity index is 1080. The van der Waals surface area contributed by atoms with Gasteiger partial charge in [0, 0.05) is 41.6 Å². The Morgan fingerprint density at radius 2 is 2.03 bits per heavy atom. The minimum absolute atomic E-state index is 0.0294. The van der Waals surface area contributed by atoms with Crippen LogP contribution in [0.15, 0.2) is 29.8 Å². The molecule has 0 atom stereocenters. The van der Waals surface area contributed by atoms with E-state index in [1.54, 1.807) is 11.3 Å². The van der Waals surface area contributed by atoms with E-state index in [0.717, 1.165) is 71.3 Å². The third-order valence-corrected chi connectivity index (χ3v) is 7.68. The summed E-state index contributed by atoms with van der Waals surface area (Å²) in [6.45, 7) is 8.03. The Kier molecular flexibility index (Phi) is 7.97. The molecule has 3 heterocycles. The Morgan fingerprint density at radius 1 is 1.21 bits per heavy atom. The van der Waals surface area contributed by atoms with Gasteiger partial charge in [0.25, 0.3) is 5.91 Å². The summed E-state index contributed by atoms with van der Waals surface area (Å²) in [5, 5.41) is 6.23. The molecule has 5 nitrogen and oxygen atoms in total. The van der Waals surface area contributed by atoms with Crippen LogP contribution in [0.1, 0.15) is 80.5 Å². The summed E-state index contributed by atoms with van der Waals surface area (Å²) in [5.74, 6) is 0.701. The van der Waals surface area contributed by atoms with Crippen LogP contribution in [0.25, 0.3) is 22.0 Å². The number of rotatable bonds is 9. The molecule has 0 radical (unpaired) electrons. The monoisotopic (exact) mass is 464 g/mol. The van der Waals surface area contributed by atoms with Crippen LogP contribution >= 0.6 is 11.3 Å². The number of unbranched alkanes of at least 4 members (excludes halogenated alkanes) is 1. The van der Waals surface area contributed by atoms with E-state index in [1.807, 2.05) is 12.3 Å². The lowest BCUT2D eigenvalue weighted by atomic mass is 9.89. The Morgan fingerprint density at radius 3 is 2.79 bits per heavy atom. The van der Waals surface area contributed by atoms with Crippen molar-refractivity contribution in [1.82, 2.24) is 19.9 Å². The van der Waals surface area contributed by atoms with E-state index in [0.29, 0.717) is 5.92 Å². The lowest BCUT2D eigenvalue weighted by Crippen LogP contribution is -2.25. The van der Waals surface area contributed by atoms with Gasteiger partial charge in [-0.05, 0) is 56.7 Å². The fourth-order valence-corrected chi connectivity index (χ4v) is 5.56. The predicted molar refractivity (Wildman–Crippen MR) is 137 cm³/mol. The fraction of sp³-hybridized carbons (Fsp3) is 0.519. The molecule has 1 aliphatic rings. The molecule has 1 amide bonds. The molecular weight excluding hydrogens is 428 g/mol. The van der Waals surface area contributed by atoms with Crippen LogP contribution in [0.3, 0.4) is 0 Å². The first-order valence-electron chi connectivity index (χ1n) is 12.5. The number of aryl methyl sites for hydroxylation is 1. The summed E-state index contributed by atoms with van der Waals surface area (Å²) in [6.07, 6.45) is 11.4. The van der Waals surface area contributed by atoms with Gasteiger partial charge in [0.15, 0.2) is 0 Å². The van der Waals surface area contributed by atoms with Crippen LogP contribution < -0.4 is 5.32 Å². The molecule has 0 aliphatic heterocycles. The number of hydrogen-bond acceptors (Lipinski definition) is 4. The van der Waals surface area contributed by atoms with E-state index < -0.39 is 0 Å². The van der Waals surface area contributed by atoms with Crippen molar-refractivity contribution in [2.24, 2.45) is 5.92 Å². The second kappa shape index (κ2) is 11.1. The summed E-state index contributed by atoms with van der Waals surface area (Å²) in [7, 11) is 0. The molecule has 0 bridgehead atoms. The average molecular weight is 465 g/mol. The van der Waals surface area contributed by atoms with Crippen LogP contribution in [-0.4, -0.2) is 27.0 Å². The Labute approximate surface area is 201 Å². The summed E-state index contributed by atoms with van der Waals surface area (Å²) >= 11 is 1.66. The molecular formula is C27H36N4OS. The maximum absolute atomic E-state index is 13.0. The number of carbonyl (C=O) groups excluding carboxylic acids is 1. The third-order valence-electron chi connectivity index (χ3n) is 6.78. The van der Waals surface area contributed by atoms with Gasteiger partial charge in [-0.25, -0.2) is 4.98 Å². The second-order valence-electron chi connectivity index (χ2n) is 9.18. The maximum Gasteiger partial charge on any atom is 0.253 e. The smallest absolute Gasteiger partial charge is 0.253 e. The van der Waals surface area contributed by atoms with Crippen LogP contribution in [-0.2, 0) is 13.0 Å². The number of nitrogens with zero attached hydrogens (tertiary/aromatic N) is 3. The van der Waals surface area contributed by atoms with Crippen molar-refractivity contribution in [2.75, 3.05) is 6.54 Å². The topological polar surface area (TPSA) is 59.8 Å². The molecule has 0 unspecified atom stereocenters. The van der Waals surface area contributed by atoms with Gasteiger partial charge in [0.05, 0.1) is 17.0 Å². The molecule has 176 valence electrons. The largest absolute Gasteiger partial charge is 0.352 e. The quantitative estimate of drug-likeness (QED) is 0.360. The zero-order chi connectivity index (χ0) is 23.2. The Balaban J connectivity index is 1.67. The van der Waals surface area contributed by atoms with Crippen molar-refractivity contribution < 1.29 is 4.79 Å². The SMILES string of the molecule is CCCCNC(=O)c1cc(-c2csc(-c3ccnc(CC)c3)n2)n(CC2CCCCC2)c1C. The lowest BCUT2D eigenvalue weighted by molar-refractivity contribution is 0.0952. The first-order valence-corrected chi connectivity index (χ1v) is 13.4. The van der Waals surface area contributed by atoms with Crippen LogP contribution in [0.5, 0.6) is 0 Å². The van der Waals surface area contributed by atoms with E-state index in [-0.39, 0.29) is 5.91 Å². The molecule has 1 saturated carbocycles. The maximum atomic E-state index is 13.0. The predicted octanol–water partition coefficient (Wildman–Crippen LogP) is 6.65. The number of carbonyl (C=O) groups is 1. The summed E-state index contributed by atoms with van der Waals surface area (Å²) in [5.41, 5.74) is 6.03. The number of thiazole rings is 1. The molecule has 33 heavy (non-hydrogen) atoms. The van der Waals surface area contributed by atoms with Crippen molar-refractivity contribution in [2.45, 2.75) is 78.7 Å². The van der Waals surface area contributed by atoms with Crippen LogP contribution in [0, 0.1) is 12.8 Å². The number of amides is 1. The van der Waals surface area contributed by atoms with Gasteiger partial charge >= 0.3 is 0 Å². The summed E-state index contributed by atoms with van der Waals surface area (Å²) in [4.78, 5) is 22.4. The highest BCUT2D eigenvalue weighted by Gasteiger charge is 2.23. The minimum Gasteiger partial charge on any atom is -0.352 e. The lowest BCUT2D eigenvalue weighted by Gasteiger charge is -2.24. The fourth-order valence-electron chi connectivity index (χ4n) is 4.75. The van der Waals surface area contributed by atoms with E-state index in [2.05, 4.69) is 53.2 Å². The van der Waals surface area contributed by atoms with Crippen molar-refractivity contribution in [3.63, 3.8) is 0 Å². The average Bonchev–Trinajstić information content (AvgIpc) is 3.45. The van der Waals surface area contributed by atoms with Crippen molar-refractivity contribution in [1.29, 1.82) is 0 Å². The standard InChI is InChI=1S/C27H36N4OS/c1-4-6-13-29-26(32)23-16-25(31(19(23)3)17-20-10-8-7-9-11-20)24-18-33-27(30-24)21-12-14-28-22(5-2)15-21/h12,14-16,18,20H,4-11,13,17H2,1-3H3,(H,29,32). The summed E-state index contributed by atoms with van der Waals surface area (Å²) in [6, 6.07) is 6.21. The van der Waals surface area contributed by atoms with E-state index in [9.17, 15) is 4.79 Å². The Hall–Kier alpha value is -2.47. The highest BCUT2D eigenvalue weighted by Crippen LogP contribution is 2.34. The van der Waals surface area contributed by atoms with Gasteiger partial charge in [0.1, 0.15) is 5.01 Å². The van der Waals surface area contributed by atoms with Gasteiger partial charge in [-0.3, -0.25) is 9.78 Å². The highest BCUT2D eigenvalue weighted by molar-refractivity contribution is 7.13. The van der Waals surface area contributed by atoms with Gasteiger partial charge in [-0.15, -0.1) is 11.3 Å². The molecule has 1 aliphatic carbocycles. The molecule has 0 saturated heterocycles. The molecule has 6 heteroatoms. The van der Waals surface area contributed by atoms with E-state index >= 15 is 0 Å². The molecule has 1 fully saturated rings. The van der Waals surface area contributed by atoms with Crippen LogP contribution in [0.4, 0.5) is 0 Å². The molecule has 0 aromatic carbocycles. The van der Waals surface area contributed by atoms with Gasteiger partial charge in [-0.2, -0.15) is 0 Å². The highest BCUT2D eigenvalue weighted by atomic mass is 32.1. The van der Waals surface area contributed by atoms with Gasteiger partial charge in [-0.1, -0.05) is 39.5 Å². The number of pyridine rings is 1. The number of hydrogen-bond donors (Lipinski definition) is 1. The zero-order valence-electron chi connectivity index (χ0n) is 20.2. The molecule has 4 rings (SSSR count). The van der Waals surface area contributed by atoms with Crippen molar-refractivity contribution in [3.05, 3.63) is 46.7 Å². The van der Waals surface area contributed by atoms with Crippen molar-refractivity contribution in [3.8, 4) is 22.0 Å². The van der Waals surface area contributed by atoms with Gasteiger partial charge in [0.2, 0.25) is 0 Å². The first kappa shape index (κ1) is 23.7. The van der Waals surface area contributed by atoms with Gasteiger partial charge < -0.3 is 9.88 Å². The normalized spacial score (nSPS) is 14.5. The van der Waals surface area contributed by atoms with E-state index in [1.165, 1.54) is 32.1 Å². The molecule has 3 aromatic rings.